The van der Waals surface area contributed by atoms with E-state index in [1.165, 1.54) is 11.4 Å². The molecule has 0 aliphatic heterocycles. The minimum atomic E-state index is -2.56. The van der Waals surface area contributed by atoms with Gasteiger partial charge in [0.2, 0.25) is 0 Å². The van der Waals surface area contributed by atoms with Crippen molar-refractivity contribution in [2.75, 3.05) is 5.75 Å². The molecule has 0 radical (unpaired) electrons. The summed E-state index contributed by atoms with van der Waals surface area (Å²) in [6.07, 6.45) is 2.31. The van der Waals surface area contributed by atoms with Gasteiger partial charge in [0.05, 0.1) is 10.0 Å². The van der Waals surface area contributed by atoms with Crippen LogP contribution in [0.4, 0.5) is 0 Å². The van der Waals surface area contributed by atoms with Crippen LogP contribution in [0.2, 0.25) is 10.0 Å². The van der Waals surface area contributed by atoms with Crippen molar-refractivity contribution < 1.29 is 4.89 Å². The summed E-state index contributed by atoms with van der Waals surface area (Å²) in [4.78, 5) is 10.4. The third-order valence-corrected chi connectivity index (χ3v) is 8.99. The highest BCUT2D eigenvalue weighted by molar-refractivity contribution is 8.71. The van der Waals surface area contributed by atoms with Crippen LogP contribution < -0.4 is 5.30 Å². The van der Waals surface area contributed by atoms with Crippen molar-refractivity contribution in [1.82, 2.24) is 0 Å². The Morgan fingerprint density at radius 3 is 2.53 bits per heavy atom. The first-order valence-electron chi connectivity index (χ1n) is 5.79. The fourth-order valence-electron chi connectivity index (χ4n) is 1.54. The molecule has 1 N–H and O–H groups in total. The lowest BCUT2D eigenvalue weighted by molar-refractivity contribution is 0.585. The zero-order chi connectivity index (χ0) is 13.8. The molecule has 1 aromatic rings. The van der Waals surface area contributed by atoms with Gasteiger partial charge in [0.25, 0.3) is 0 Å². The van der Waals surface area contributed by atoms with Gasteiger partial charge in [-0.25, -0.2) is 0 Å². The molecule has 19 heavy (non-hydrogen) atoms. The SMILES string of the molecule is CCCC(C)CSP(O)(=S)c1ccc(Cl)c(Cl)c1.Cl. The predicted octanol–water partition coefficient (Wildman–Crippen LogP) is 5.51. The van der Waals surface area contributed by atoms with E-state index in [1.54, 1.807) is 18.2 Å². The molecular formula is C12H18Cl3OPS2. The van der Waals surface area contributed by atoms with E-state index in [4.69, 9.17) is 35.0 Å². The number of hydrogen-bond donors (Lipinski definition) is 1. The van der Waals surface area contributed by atoms with Gasteiger partial charge in [0.15, 0.2) is 0 Å². The second kappa shape index (κ2) is 9.15. The maximum atomic E-state index is 10.4. The Balaban J connectivity index is 0.00000324. The van der Waals surface area contributed by atoms with Crippen LogP contribution in [0.15, 0.2) is 18.2 Å². The van der Waals surface area contributed by atoms with Crippen molar-refractivity contribution in [3.8, 4) is 0 Å². The molecule has 0 saturated carbocycles. The highest BCUT2D eigenvalue weighted by atomic mass is 35.5. The summed E-state index contributed by atoms with van der Waals surface area (Å²) in [6.45, 7) is 4.34. The Morgan fingerprint density at radius 1 is 1.37 bits per heavy atom. The number of rotatable bonds is 6. The molecule has 110 valence electrons. The Bertz CT molecular complexity index is 457. The van der Waals surface area contributed by atoms with E-state index in [9.17, 15) is 4.89 Å². The van der Waals surface area contributed by atoms with Crippen molar-refractivity contribution in [2.24, 2.45) is 5.92 Å². The van der Waals surface area contributed by atoms with Crippen molar-refractivity contribution >= 4 is 69.6 Å². The molecule has 7 heteroatoms. The van der Waals surface area contributed by atoms with E-state index < -0.39 is 5.47 Å². The zero-order valence-electron chi connectivity index (χ0n) is 10.8. The highest BCUT2D eigenvalue weighted by Gasteiger charge is 2.19. The van der Waals surface area contributed by atoms with Crippen molar-refractivity contribution in [3.63, 3.8) is 0 Å². The highest BCUT2D eigenvalue weighted by Crippen LogP contribution is 2.55. The molecule has 0 fully saturated rings. The third kappa shape index (κ3) is 6.56. The van der Waals surface area contributed by atoms with Crippen molar-refractivity contribution in [1.29, 1.82) is 0 Å². The van der Waals surface area contributed by atoms with Crippen LogP contribution in [-0.2, 0) is 11.8 Å². The molecule has 0 aromatic heterocycles. The average Bonchev–Trinajstić information content (AvgIpc) is 2.30. The normalized spacial score (nSPS) is 15.4. The summed E-state index contributed by atoms with van der Waals surface area (Å²) in [7, 11) is 0. The molecule has 0 aliphatic rings. The summed E-state index contributed by atoms with van der Waals surface area (Å²) in [5, 5.41) is 1.65. The lowest BCUT2D eigenvalue weighted by Crippen LogP contribution is -2.04. The second-order valence-electron chi connectivity index (χ2n) is 4.31. The molecule has 1 aromatic carbocycles. The van der Waals surface area contributed by atoms with Crippen LogP contribution in [0, 0.1) is 5.92 Å². The zero-order valence-corrected chi connectivity index (χ0v) is 15.7. The fourth-order valence-corrected chi connectivity index (χ4v) is 6.29. The molecule has 0 bridgehead atoms. The Labute approximate surface area is 140 Å². The van der Waals surface area contributed by atoms with Crippen molar-refractivity contribution in [3.05, 3.63) is 28.2 Å². The minimum absolute atomic E-state index is 0. The van der Waals surface area contributed by atoms with Gasteiger partial charge >= 0.3 is 0 Å². The lowest BCUT2D eigenvalue weighted by atomic mass is 10.1. The van der Waals surface area contributed by atoms with Gasteiger partial charge in [0.1, 0.15) is 5.47 Å². The smallest absolute Gasteiger partial charge is 0.146 e. The van der Waals surface area contributed by atoms with Crippen LogP contribution in [0.5, 0.6) is 0 Å². The molecule has 0 heterocycles. The van der Waals surface area contributed by atoms with Crippen LogP contribution >= 0.6 is 52.5 Å². The Hall–Kier alpha value is 1.05. The summed E-state index contributed by atoms with van der Waals surface area (Å²) < 4.78 is 0. The molecule has 1 rings (SSSR count). The quantitative estimate of drug-likeness (QED) is 0.658. The van der Waals surface area contributed by atoms with E-state index in [0.717, 1.165) is 23.9 Å². The summed E-state index contributed by atoms with van der Waals surface area (Å²) in [5.74, 6) is 1.44. The van der Waals surface area contributed by atoms with Gasteiger partial charge in [-0.1, -0.05) is 73.1 Å². The van der Waals surface area contributed by atoms with Gasteiger partial charge in [-0.2, -0.15) is 0 Å². The van der Waals surface area contributed by atoms with E-state index in [0.29, 0.717) is 16.0 Å². The molecule has 0 aliphatic carbocycles. The monoisotopic (exact) mass is 378 g/mol. The molecule has 1 nitrogen and oxygen atoms in total. The van der Waals surface area contributed by atoms with Crippen LogP contribution in [0.25, 0.3) is 0 Å². The standard InChI is InChI=1S/C12H17Cl2OPS2.ClH/c1-3-4-9(2)8-18-16(15,17)10-5-6-11(13)12(14)7-10;/h5-7,9H,3-4,8H2,1-2H3,(H,15,17);1H. The minimum Gasteiger partial charge on any atom is -0.354 e. The van der Waals surface area contributed by atoms with E-state index >= 15 is 0 Å². The Morgan fingerprint density at radius 2 is 2.00 bits per heavy atom. The second-order valence-corrected chi connectivity index (χ2v) is 11.9. The van der Waals surface area contributed by atoms with Gasteiger partial charge in [-0.15, -0.1) is 12.4 Å². The maximum Gasteiger partial charge on any atom is 0.146 e. The summed E-state index contributed by atoms with van der Waals surface area (Å²) >= 11 is 18.6. The van der Waals surface area contributed by atoms with Gasteiger partial charge in [0, 0.05) is 11.1 Å². The molecule has 0 spiro atoms. The third-order valence-electron chi connectivity index (χ3n) is 2.54. The van der Waals surface area contributed by atoms with E-state index in [-0.39, 0.29) is 12.4 Å². The van der Waals surface area contributed by atoms with Crippen LogP contribution in [-0.4, -0.2) is 10.6 Å². The first kappa shape index (κ1) is 20.1. The molecule has 2 atom stereocenters. The predicted molar refractivity (Wildman–Crippen MR) is 96.4 cm³/mol. The molecule has 0 saturated heterocycles. The topological polar surface area (TPSA) is 20.2 Å². The lowest BCUT2D eigenvalue weighted by Gasteiger charge is -2.18. The molecule has 0 amide bonds. The maximum absolute atomic E-state index is 10.4. The number of benzene rings is 1. The first-order valence-corrected chi connectivity index (χ1v) is 10.9. The summed E-state index contributed by atoms with van der Waals surface area (Å²) in [5.41, 5.74) is -2.56. The fraction of sp³-hybridized carbons (Fsp3) is 0.500. The molecular weight excluding hydrogens is 362 g/mol. The van der Waals surface area contributed by atoms with E-state index in [1.807, 2.05) is 0 Å². The van der Waals surface area contributed by atoms with Gasteiger partial charge < -0.3 is 4.89 Å². The first-order chi connectivity index (χ1) is 8.36. The largest absolute Gasteiger partial charge is 0.354 e. The summed E-state index contributed by atoms with van der Waals surface area (Å²) in [6, 6.07) is 5.14. The van der Waals surface area contributed by atoms with E-state index in [2.05, 4.69) is 13.8 Å². The van der Waals surface area contributed by atoms with Crippen LogP contribution in [0.3, 0.4) is 0 Å². The Kier molecular flexibility index (Phi) is 9.65. The van der Waals surface area contributed by atoms with Crippen LogP contribution in [0.1, 0.15) is 26.7 Å². The van der Waals surface area contributed by atoms with Crippen molar-refractivity contribution in [2.45, 2.75) is 26.7 Å². The van der Waals surface area contributed by atoms with Gasteiger partial charge in [-0.3, -0.25) is 0 Å². The number of halogens is 3. The number of hydrogen-bond acceptors (Lipinski definition) is 2. The molecule has 2 unspecified atom stereocenters. The van der Waals surface area contributed by atoms with Gasteiger partial charge in [-0.05, 0) is 24.1 Å². The average molecular weight is 380 g/mol.